The van der Waals surface area contributed by atoms with Crippen molar-refractivity contribution in [2.75, 3.05) is 23.0 Å². The summed E-state index contributed by atoms with van der Waals surface area (Å²) in [4.78, 5) is 18.6. The fourth-order valence-corrected chi connectivity index (χ4v) is 4.32. The Balaban J connectivity index is 1.56. The molecule has 0 aliphatic carbocycles. The molecule has 1 unspecified atom stereocenters. The van der Waals surface area contributed by atoms with Crippen LogP contribution in [0.5, 0.6) is 0 Å². The SMILES string of the molecule is CCN(C(=O)CCSCC(C)c1ccccc1)c1cn(-c2cccnc2)nc1Cl. The van der Waals surface area contributed by atoms with Crippen molar-refractivity contribution in [1.29, 1.82) is 0 Å². The van der Waals surface area contributed by atoms with Crippen LogP contribution in [0.4, 0.5) is 5.69 Å². The lowest BCUT2D eigenvalue weighted by Gasteiger charge is -2.19. The fourth-order valence-electron chi connectivity index (χ4n) is 3.06. The third kappa shape index (κ3) is 5.61. The van der Waals surface area contributed by atoms with Crippen molar-refractivity contribution < 1.29 is 4.79 Å². The second-order valence-corrected chi connectivity index (χ2v) is 8.24. The zero-order valence-corrected chi connectivity index (χ0v) is 18.2. The maximum absolute atomic E-state index is 12.8. The van der Waals surface area contributed by atoms with Gasteiger partial charge in [-0.1, -0.05) is 48.9 Å². The van der Waals surface area contributed by atoms with Crippen molar-refractivity contribution in [3.8, 4) is 5.69 Å². The first-order valence-corrected chi connectivity index (χ1v) is 11.2. The van der Waals surface area contributed by atoms with Gasteiger partial charge in [-0.3, -0.25) is 9.78 Å². The van der Waals surface area contributed by atoms with Gasteiger partial charge in [0.05, 0.1) is 18.1 Å². The predicted molar refractivity (Wildman–Crippen MR) is 121 cm³/mol. The summed E-state index contributed by atoms with van der Waals surface area (Å²) < 4.78 is 1.65. The van der Waals surface area contributed by atoms with Crippen LogP contribution in [0.3, 0.4) is 0 Å². The molecule has 1 atom stereocenters. The number of carbonyl (C=O) groups excluding carboxylic acids is 1. The van der Waals surface area contributed by atoms with E-state index in [1.165, 1.54) is 5.56 Å². The zero-order chi connectivity index (χ0) is 20.6. The number of thioether (sulfide) groups is 1. The molecule has 0 N–H and O–H groups in total. The van der Waals surface area contributed by atoms with Crippen molar-refractivity contribution in [2.24, 2.45) is 0 Å². The highest BCUT2D eigenvalue weighted by Gasteiger charge is 2.20. The molecule has 1 amide bonds. The van der Waals surface area contributed by atoms with Gasteiger partial charge in [-0.05, 0) is 36.3 Å². The number of anilines is 1. The van der Waals surface area contributed by atoms with Gasteiger partial charge in [0.25, 0.3) is 0 Å². The molecule has 152 valence electrons. The van der Waals surface area contributed by atoms with Gasteiger partial charge in [0, 0.05) is 24.9 Å². The number of benzene rings is 1. The fraction of sp³-hybridized carbons (Fsp3) is 0.318. The van der Waals surface area contributed by atoms with Crippen molar-refractivity contribution in [1.82, 2.24) is 14.8 Å². The second-order valence-electron chi connectivity index (χ2n) is 6.74. The van der Waals surface area contributed by atoms with E-state index in [0.29, 0.717) is 29.7 Å². The predicted octanol–water partition coefficient (Wildman–Crippen LogP) is 5.20. The number of amides is 1. The van der Waals surface area contributed by atoms with Crippen LogP contribution in [0.25, 0.3) is 5.69 Å². The zero-order valence-electron chi connectivity index (χ0n) is 16.7. The number of hydrogen-bond donors (Lipinski definition) is 0. The number of nitrogens with zero attached hydrogens (tertiary/aromatic N) is 4. The van der Waals surface area contributed by atoms with E-state index in [-0.39, 0.29) is 5.91 Å². The van der Waals surface area contributed by atoms with Crippen LogP contribution in [0.2, 0.25) is 5.15 Å². The van der Waals surface area contributed by atoms with Gasteiger partial charge >= 0.3 is 0 Å². The minimum atomic E-state index is 0.0556. The van der Waals surface area contributed by atoms with Gasteiger partial charge in [0.1, 0.15) is 5.69 Å². The molecule has 29 heavy (non-hydrogen) atoms. The molecular formula is C22H25ClN4OS. The maximum atomic E-state index is 12.8. The van der Waals surface area contributed by atoms with Crippen LogP contribution in [0.1, 0.15) is 31.7 Å². The summed E-state index contributed by atoms with van der Waals surface area (Å²) in [6, 6.07) is 14.2. The van der Waals surface area contributed by atoms with E-state index in [9.17, 15) is 4.79 Å². The molecule has 3 rings (SSSR count). The normalized spacial score (nSPS) is 12.0. The Labute approximate surface area is 181 Å². The summed E-state index contributed by atoms with van der Waals surface area (Å²) in [5.74, 6) is 2.29. The first-order valence-electron chi connectivity index (χ1n) is 9.68. The van der Waals surface area contributed by atoms with E-state index < -0.39 is 0 Å². The lowest BCUT2D eigenvalue weighted by atomic mass is 10.0. The molecule has 0 bridgehead atoms. The van der Waals surface area contributed by atoms with E-state index in [0.717, 1.165) is 17.2 Å². The van der Waals surface area contributed by atoms with Gasteiger partial charge in [-0.2, -0.15) is 16.9 Å². The Morgan fingerprint density at radius 1 is 1.24 bits per heavy atom. The molecule has 0 saturated heterocycles. The van der Waals surface area contributed by atoms with Crippen LogP contribution in [-0.4, -0.2) is 38.7 Å². The lowest BCUT2D eigenvalue weighted by molar-refractivity contribution is -0.118. The minimum Gasteiger partial charge on any atom is -0.308 e. The summed E-state index contributed by atoms with van der Waals surface area (Å²) in [5.41, 5.74) is 2.76. The van der Waals surface area contributed by atoms with Crippen molar-refractivity contribution in [2.45, 2.75) is 26.2 Å². The molecular weight excluding hydrogens is 404 g/mol. The molecule has 0 fully saturated rings. The molecule has 2 aromatic heterocycles. The van der Waals surface area contributed by atoms with Gasteiger partial charge in [-0.25, -0.2) is 4.68 Å². The first-order chi connectivity index (χ1) is 14.1. The van der Waals surface area contributed by atoms with E-state index in [4.69, 9.17) is 11.6 Å². The van der Waals surface area contributed by atoms with Gasteiger partial charge < -0.3 is 4.90 Å². The van der Waals surface area contributed by atoms with Gasteiger partial charge in [-0.15, -0.1) is 0 Å². The number of halogens is 1. The monoisotopic (exact) mass is 428 g/mol. The molecule has 0 saturated carbocycles. The third-order valence-electron chi connectivity index (χ3n) is 4.67. The number of pyridine rings is 1. The minimum absolute atomic E-state index is 0.0556. The molecule has 3 aromatic rings. The molecule has 7 heteroatoms. The van der Waals surface area contributed by atoms with E-state index >= 15 is 0 Å². The van der Waals surface area contributed by atoms with E-state index in [1.807, 2.05) is 25.1 Å². The Bertz CT molecular complexity index is 917. The summed E-state index contributed by atoms with van der Waals surface area (Å²) in [5, 5.41) is 4.64. The Morgan fingerprint density at radius 2 is 2.03 bits per heavy atom. The standard InChI is InChI=1S/C22H25ClN4OS/c1-3-26(20-15-27(25-22(20)23)19-10-7-12-24-14-19)21(28)11-13-29-16-17(2)18-8-5-4-6-9-18/h4-10,12,14-15,17H,3,11,13,16H2,1-2H3. The van der Waals surface area contributed by atoms with Crippen LogP contribution >= 0.6 is 23.4 Å². The van der Waals surface area contributed by atoms with Crippen LogP contribution < -0.4 is 4.90 Å². The second kappa shape index (κ2) is 10.5. The van der Waals surface area contributed by atoms with Crippen molar-refractivity contribution in [3.63, 3.8) is 0 Å². The summed E-state index contributed by atoms with van der Waals surface area (Å²) in [6.07, 6.45) is 5.66. The number of aromatic nitrogens is 3. The molecule has 2 heterocycles. The van der Waals surface area contributed by atoms with Gasteiger partial charge in [0.2, 0.25) is 5.91 Å². The van der Waals surface area contributed by atoms with Gasteiger partial charge in [0.15, 0.2) is 5.15 Å². The van der Waals surface area contributed by atoms with Crippen LogP contribution in [0.15, 0.2) is 61.1 Å². The Hall–Kier alpha value is -2.31. The number of rotatable bonds is 9. The Kier molecular flexibility index (Phi) is 7.72. The smallest absolute Gasteiger partial charge is 0.227 e. The largest absolute Gasteiger partial charge is 0.308 e. The molecule has 1 aromatic carbocycles. The molecule has 0 spiro atoms. The highest BCUT2D eigenvalue weighted by Crippen LogP contribution is 2.27. The van der Waals surface area contributed by atoms with Crippen LogP contribution in [-0.2, 0) is 4.79 Å². The molecule has 5 nitrogen and oxygen atoms in total. The number of hydrogen-bond acceptors (Lipinski definition) is 4. The third-order valence-corrected chi connectivity index (χ3v) is 6.16. The number of carbonyl (C=O) groups is 1. The maximum Gasteiger partial charge on any atom is 0.227 e. The van der Waals surface area contributed by atoms with Crippen LogP contribution in [0, 0.1) is 0 Å². The van der Waals surface area contributed by atoms with E-state index in [1.54, 1.807) is 39.9 Å². The lowest BCUT2D eigenvalue weighted by Crippen LogP contribution is -2.30. The molecule has 0 radical (unpaired) electrons. The average Bonchev–Trinajstić information content (AvgIpc) is 3.14. The summed E-state index contributed by atoms with van der Waals surface area (Å²) in [6.45, 7) is 4.71. The average molecular weight is 429 g/mol. The summed E-state index contributed by atoms with van der Waals surface area (Å²) >= 11 is 8.14. The Morgan fingerprint density at radius 3 is 2.72 bits per heavy atom. The molecule has 0 aliphatic heterocycles. The first kappa shape index (κ1) is 21.4. The molecule has 0 aliphatic rings. The quantitative estimate of drug-likeness (QED) is 0.439. The highest BCUT2D eigenvalue weighted by molar-refractivity contribution is 7.99. The van der Waals surface area contributed by atoms with Crippen molar-refractivity contribution in [3.05, 3.63) is 71.8 Å². The topological polar surface area (TPSA) is 51.0 Å². The van der Waals surface area contributed by atoms with E-state index in [2.05, 4.69) is 41.3 Å². The van der Waals surface area contributed by atoms with Crippen molar-refractivity contribution >= 4 is 35.0 Å². The summed E-state index contributed by atoms with van der Waals surface area (Å²) in [7, 11) is 0. The highest BCUT2D eigenvalue weighted by atomic mass is 35.5.